The number of esters is 1. The SMILES string of the molecule is COC(=O)[C@H](C)Sc1nnc(-c2ccccc2C)o1. The molecule has 0 radical (unpaired) electrons. The van der Waals surface area contributed by atoms with Gasteiger partial charge in [-0.15, -0.1) is 10.2 Å². The number of benzene rings is 1. The Bertz CT molecular complexity index is 583. The summed E-state index contributed by atoms with van der Waals surface area (Å²) in [7, 11) is 1.35. The predicted octanol–water partition coefficient (Wildman–Crippen LogP) is 2.70. The Kier molecular flexibility index (Phi) is 4.21. The first-order chi connectivity index (χ1) is 9.11. The first-order valence-electron chi connectivity index (χ1n) is 5.76. The second kappa shape index (κ2) is 5.88. The normalized spacial score (nSPS) is 12.2. The minimum absolute atomic E-state index is 0.319. The molecule has 0 aliphatic carbocycles. The second-order valence-electron chi connectivity index (χ2n) is 3.97. The van der Waals surface area contributed by atoms with E-state index in [0.717, 1.165) is 11.1 Å². The van der Waals surface area contributed by atoms with Crippen molar-refractivity contribution in [2.24, 2.45) is 0 Å². The second-order valence-corrected chi connectivity index (χ2v) is 5.26. The molecule has 0 spiro atoms. The van der Waals surface area contributed by atoms with Gasteiger partial charge in [-0.05, 0) is 25.5 Å². The van der Waals surface area contributed by atoms with Gasteiger partial charge in [0.2, 0.25) is 5.89 Å². The van der Waals surface area contributed by atoms with Crippen molar-refractivity contribution >= 4 is 17.7 Å². The highest BCUT2D eigenvalue weighted by Crippen LogP contribution is 2.27. The number of rotatable bonds is 4. The third kappa shape index (κ3) is 3.14. The third-order valence-corrected chi connectivity index (χ3v) is 3.51. The summed E-state index contributed by atoms with van der Waals surface area (Å²) >= 11 is 1.18. The minimum Gasteiger partial charge on any atom is -0.468 e. The molecule has 100 valence electrons. The van der Waals surface area contributed by atoms with Crippen molar-refractivity contribution in [1.82, 2.24) is 10.2 Å². The zero-order chi connectivity index (χ0) is 13.8. The lowest BCUT2D eigenvalue weighted by molar-refractivity contribution is -0.139. The molecule has 1 atom stereocenters. The molecule has 2 rings (SSSR count). The number of nitrogens with zero attached hydrogens (tertiary/aromatic N) is 2. The topological polar surface area (TPSA) is 65.2 Å². The van der Waals surface area contributed by atoms with E-state index in [0.29, 0.717) is 11.1 Å². The Morgan fingerprint density at radius 1 is 1.37 bits per heavy atom. The summed E-state index contributed by atoms with van der Waals surface area (Å²) in [5.74, 6) is 0.137. The van der Waals surface area contributed by atoms with E-state index in [1.807, 2.05) is 31.2 Å². The molecule has 1 aromatic carbocycles. The highest BCUT2D eigenvalue weighted by molar-refractivity contribution is 8.00. The largest absolute Gasteiger partial charge is 0.468 e. The molecule has 0 amide bonds. The quantitative estimate of drug-likeness (QED) is 0.633. The van der Waals surface area contributed by atoms with E-state index >= 15 is 0 Å². The first kappa shape index (κ1) is 13.6. The minimum atomic E-state index is -0.379. The number of ether oxygens (including phenoxy) is 1. The van der Waals surface area contributed by atoms with Gasteiger partial charge in [0.05, 0.1) is 7.11 Å². The van der Waals surface area contributed by atoms with Gasteiger partial charge in [0.1, 0.15) is 5.25 Å². The van der Waals surface area contributed by atoms with E-state index in [9.17, 15) is 4.79 Å². The van der Waals surface area contributed by atoms with Gasteiger partial charge in [0.15, 0.2) is 0 Å². The van der Waals surface area contributed by atoms with Crippen LogP contribution in [0.4, 0.5) is 0 Å². The maximum absolute atomic E-state index is 11.3. The predicted molar refractivity (Wildman–Crippen MR) is 71.8 cm³/mol. The van der Waals surface area contributed by atoms with Crippen LogP contribution in [-0.4, -0.2) is 28.5 Å². The fraction of sp³-hybridized carbons (Fsp3) is 0.308. The van der Waals surface area contributed by atoms with E-state index in [-0.39, 0.29) is 11.2 Å². The molecule has 0 saturated heterocycles. The molecule has 2 aromatic rings. The summed E-state index contributed by atoms with van der Waals surface area (Å²) in [5.41, 5.74) is 1.95. The van der Waals surface area contributed by atoms with E-state index < -0.39 is 0 Å². The van der Waals surface area contributed by atoms with E-state index in [2.05, 4.69) is 14.9 Å². The molecule has 0 N–H and O–H groups in total. The lowest BCUT2D eigenvalue weighted by Gasteiger charge is -2.04. The average Bonchev–Trinajstić information content (AvgIpc) is 2.86. The number of aryl methyl sites for hydroxylation is 1. The molecule has 19 heavy (non-hydrogen) atoms. The molecule has 0 unspecified atom stereocenters. The van der Waals surface area contributed by atoms with Gasteiger partial charge in [-0.1, -0.05) is 30.0 Å². The number of aromatic nitrogens is 2. The Morgan fingerprint density at radius 2 is 2.11 bits per heavy atom. The summed E-state index contributed by atoms with van der Waals surface area (Å²) in [6.45, 7) is 3.71. The smallest absolute Gasteiger partial charge is 0.319 e. The Morgan fingerprint density at radius 3 is 2.79 bits per heavy atom. The summed E-state index contributed by atoms with van der Waals surface area (Å²) in [5, 5.41) is 7.90. The fourth-order valence-corrected chi connectivity index (χ4v) is 2.25. The molecule has 0 bridgehead atoms. The molecular weight excluding hydrogens is 264 g/mol. The Hall–Kier alpha value is -1.82. The average molecular weight is 278 g/mol. The fourth-order valence-electron chi connectivity index (χ4n) is 1.54. The summed E-state index contributed by atoms with van der Waals surface area (Å²) in [6.07, 6.45) is 0. The lowest BCUT2D eigenvalue weighted by atomic mass is 10.1. The van der Waals surface area contributed by atoms with E-state index in [1.54, 1.807) is 6.92 Å². The number of carbonyl (C=O) groups excluding carboxylic acids is 1. The summed E-state index contributed by atoms with van der Waals surface area (Å²) < 4.78 is 10.2. The third-order valence-electron chi connectivity index (χ3n) is 2.59. The van der Waals surface area contributed by atoms with Crippen molar-refractivity contribution in [1.29, 1.82) is 0 Å². The molecular formula is C13H14N2O3S. The standard InChI is InChI=1S/C13H14N2O3S/c1-8-6-4-5-7-10(8)11-14-15-13(18-11)19-9(2)12(16)17-3/h4-7,9H,1-3H3/t9-/m0/s1. The number of methoxy groups -OCH3 is 1. The number of thioether (sulfide) groups is 1. The molecule has 5 nitrogen and oxygen atoms in total. The first-order valence-corrected chi connectivity index (χ1v) is 6.63. The molecule has 0 aliphatic heterocycles. The van der Waals surface area contributed by atoms with Crippen LogP contribution in [0.15, 0.2) is 33.9 Å². The van der Waals surface area contributed by atoms with Crippen molar-refractivity contribution in [3.05, 3.63) is 29.8 Å². The van der Waals surface area contributed by atoms with Gasteiger partial charge in [0.25, 0.3) is 5.22 Å². The molecule has 6 heteroatoms. The van der Waals surface area contributed by atoms with Crippen LogP contribution < -0.4 is 0 Å². The van der Waals surface area contributed by atoms with Crippen molar-refractivity contribution in [3.8, 4) is 11.5 Å². The van der Waals surface area contributed by atoms with Crippen LogP contribution in [0.2, 0.25) is 0 Å². The van der Waals surface area contributed by atoms with Crippen molar-refractivity contribution in [3.63, 3.8) is 0 Å². The van der Waals surface area contributed by atoms with Crippen molar-refractivity contribution in [2.75, 3.05) is 7.11 Å². The highest BCUT2D eigenvalue weighted by Gasteiger charge is 2.19. The zero-order valence-electron chi connectivity index (χ0n) is 10.9. The highest BCUT2D eigenvalue weighted by atomic mass is 32.2. The van der Waals surface area contributed by atoms with Crippen LogP contribution >= 0.6 is 11.8 Å². The van der Waals surface area contributed by atoms with Crippen LogP contribution in [0.1, 0.15) is 12.5 Å². The van der Waals surface area contributed by atoms with Gasteiger partial charge in [-0.2, -0.15) is 0 Å². The van der Waals surface area contributed by atoms with Crippen LogP contribution in [0.3, 0.4) is 0 Å². The Labute approximate surface area is 115 Å². The van der Waals surface area contributed by atoms with E-state index in [1.165, 1.54) is 18.9 Å². The van der Waals surface area contributed by atoms with Gasteiger partial charge in [0, 0.05) is 5.56 Å². The van der Waals surface area contributed by atoms with Crippen molar-refractivity contribution in [2.45, 2.75) is 24.3 Å². The van der Waals surface area contributed by atoms with Crippen LogP contribution in [0.5, 0.6) is 0 Å². The van der Waals surface area contributed by atoms with Gasteiger partial charge >= 0.3 is 5.97 Å². The van der Waals surface area contributed by atoms with E-state index in [4.69, 9.17) is 4.42 Å². The molecule has 1 heterocycles. The van der Waals surface area contributed by atoms with Gasteiger partial charge < -0.3 is 9.15 Å². The molecule has 0 saturated carbocycles. The summed E-state index contributed by atoms with van der Waals surface area (Å²) in [4.78, 5) is 11.3. The van der Waals surface area contributed by atoms with Crippen LogP contribution in [0, 0.1) is 6.92 Å². The number of hydrogen-bond donors (Lipinski definition) is 0. The Balaban J connectivity index is 2.16. The summed E-state index contributed by atoms with van der Waals surface area (Å²) in [6, 6.07) is 7.76. The molecule has 1 aromatic heterocycles. The maximum atomic E-state index is 11.3. The van der Waals surface area contributed by atoms with Gasteiger partial charge in [-0.25, -0.2) is 0 Å². The lowest BCUT2D eigenvalue weighted by Crippen LogP contribution is -2.14. The maximum Gasteiger partial charge on any atom is 0.319 e. The number of carbonyl (C=O) groups is 1. The van der Waals surface area contributed by atoms with Gasteiger partial charge in [-0.3, -0.25) is 4.79 Å². The van der Waals surface area contributed by atoms with Crippen molar-refractivity contribution < 1.29 is 13.9 Å². The monoisotopic (exact) mass is 278 g/mol. The molecule has 0 fully saturated rings. The van der Waals surface area contributed by atoms with Crippen LogP contribution in [-0.2, 0) is 9.53 Å². The molecule has 0 aliphatic rings. The van der Waals surface area contributed by atoms with Crippen LogP contribution in [0.25, 0.3) is 11.5 Å². The number of hydrogen-bond acceptors (Lipinski definition) is 6. The zero-order valence-corrected chi connectivity index (χ0v) is 11.7.